The molecule has 0 aliphatic carbocycles. The zero-order valence-corrected chi connectivity index (χ0v) is 18.0. The quantitative estimate of drug-likeness (QED) is 0.661. The van der Waals surface area contributed by atoms with Crippen molar-refractivity contribution >= 4 is 34.1 Å². The van der Waals surface area contributed by atoms with Crippen LogP contribution in [0.25, 0.3) is 0 Å². The maximum Gasteiger partial charge on any atom is 0.319 e. The zero-order valence-electron chi connectivity index (χ0n) is 17.2. The van der Waals surface area contributed by atoms with E-state index in [1.165, 1.54) is 24.2 Å². The molecule has 1 fully saturated rings. The monoisotopic (exact) mass is 415 g/mol. The van der Waals surface area contributed by atoms with Gasteiger partial charge in [-0.2, -0.15) is 0 Å². The highest BCUT2D eigenvalue weighted by molar-refractivity contribution is 7.13. The average Bonchev–Trinajstić information content (AvgIpc) is 3.10. The Morgan fingerprint density at radius 2 is 1.86 bits per heavy atom. The first-order chi connectivity index (χ1) is 13.9. The first-order valence-corrected chi connectivity index (χ1v) is 10.9. The first-order valence-electron chi connectivity index (χ1n) is 10.0. The van der Waals surface area contributed by atoms with Crippen LogP contribution in [0.3, 0.4) is 0 Å². The Balaban J connectivity index is 1.51. The molecule has 0 radical (unpaired) electrons. The third kappa shape index (κ3) is 6.54. The molecule has 1 aromatic carbocycles. The lowest BCUT2D eigenvalue weighted by Crippen LogP contribution is -2.34. The number of nitrogens with one attached hydrogen (secondary N) is 3. The van der Waals surface area contributed by atoms with Crippen LogP contribution in [0.1, 0.15) is 49.7 Å². The topological polar surface area (TPSA) is 86.4 Å². The third-order valence-electron chi connectivity index (χ3n) is 4.86. The minimum absolute atomic E-state index is 0.0571. The van der Waals surface area contributed by atoms with Crippen LogP contribution in [-0.4, -0.2) is 41.0 Å². The largest absolute Gasteiger partial charge is 0.336 e. The highest BCUT2D eigenvalue weighted by atomic mass is 32.1. The highest BCUT2D eigenvalue weighted by Crippen LogP contribution is 2.21. The highest BCUT2D eigenvalue weighted by Gasteiger charge is 2.17. The fraction of sp³-hybridized carbons (Fsp3) is 0.476. The van der Waals surface area contributed by atoms with Crippen molar-refractivity contribution < 1.29 is 9.59 Å². The van der Waals surface area contributed by atoms with Gasteiger partial charge in [-0.15, -0.1) is 11.3 Å². The lowest BCUT2D eigenvalue weighted by Gasteiger charge is -2.29. The Morgan fingerprint density at radius 1 is 1.17 bits per heavy atom. The minimum atomic E-state index is -0.268. The van der Waals surface area contributed by atoms with E-state index in [1.54, 1.807) is 24.3 Å². The number of carbonyl (C=O) groups is 2. The van der Waals surface area contributed by atoms with E-state index in [9.17, 15) is 9.59 Å². The van der Waals surface area contributed by atoms with Gasteiger partial charge >= 0.3 is 6.03 Å². The van der Waals surface area contributed by atoms with Crippen LogP contribution in [0.5, 0.6) is 0 Å². The van der Waals surface area contributed by atoms with Gasteiger partial charge in [0.2, 0.25) is 0 Å². The van der Waals surface area contributed by atoms with E-state index < -0.39 is 0 Å². The molecule has 1 aliphatic heterocycles. The first kappa shape index (κ1) is 21.3. The summed E-state index contributed by atoms with van der Waals surface area (Å²) >= 11 is 1.44. The molecule has 1 aliphatic rings. The SMILES string of the molecule is CC1CCN(Cc2csc(NC(=O)c3ccc(NC(=O)NC(C)C)cc3)n2)CC1. The molecule has 0 unspecified atom stereocenters. The molecule has 1 aromatic heterocycles. The molecule has 8 heteroatoms. The molecule has 3 amide bonds. The number of nitrogens with zero attached hydrogens (tertiary/aromatic N) is 2. The smallest absolute Gasteiger partial charge is 0.319 e. The molecule has 0 saturated carbocycles. The summed E-state index contributed by atoms with van der Waals surface area (Å²) in [5.74, 6) is 0.596. The van der Waals surface area contributed by atoms with Gasteiger partial charge in [0.15, 0.2) is 5.13 Å². The van der Waals surface area contributed by atoms with E-state index in [0.29, 0.717) is 16.4 Å². The third-order valence-corrected chi connectivity index (χ3v) is 5.67. The van der Waals surface area contributed by atoms with Gasteiger partial charge in [0.05, 0.1) is 5.69 Å². The van der Waals surface area contributed by atoms with Gasteiger partial charge in [-0.25, -0.2) is 9.78 Å². The van der Waals surface area contributed by atoms with Crippen molar-refractivity contribution in [2.45, 2.75) is 46.2 Å². The summed E-state index contributed by atoms with van der Waals surface area (Å²) in [5, 5.41) is 11.0. The summed E-state index contributed by atoms with van der Waals surface area (Å²) in [6, 6.07) is 6.57. The van der Waals surface area contributed by atoms with Gasteiger partial charge in [0.1, 0.15) is 0 Å². The van der Waals surface area contributed by atoms with Crippen molar-refractivity contribution in [1.82, 2.24) is 15.2 Å². The van der Waals surface area contributed by atoms with Crippen LogP contribution >= 0.6 is 11.3 Å². The van der Waals surface area contributed by atoms with Crippen molar-refractivity contribution in [2.24, 2.45) is 5.92 Å². The maximum absolute atomic E-state index is 12.5. The fourth-order valence-corrected chi connectivity index (χ4v) is 3.89. The van der Waals surface area contributed by atoms with E-state index in [1.807, 2.05) is 19.2 Å². The zero-order chi connectivity index (χ0) is 20.8. The number of anilines is 2. The van der Waals surface area contributed by atoms with Crippen molar-refractivity contribution in [2.75, 3.05) is 23.7 Å². The molecule has 29 heavy (non-hydrogen) atoms. The predicted molar refractivity (Wildman–Crippen MR) is 117 cm³/mol. The number of piperidine rings is 1. The molecule has 156 valence electrons. The summed E-state index contributed by atoms with van der Waals surface area (Å²) < 4.78 is 0. The Morgan fingerprint density at radius 3 is 2.52 bits per heavy atom. The summed E-state index contributed by atoms with van der Waals surface area (Å²) in [4.78, 5) is 31.2. The van der Waals surface area contributed by atoms with Crippen molar-refractivity contribution in [3.8, 4) is 0 Å². The van der Waals surface area contributed by atoms with Crippen molar-refractivity contribution in [3.63, 3.8) is 0 Å². The lowest BCUT2D eigenvalue weighted by molar-refractivity contribution is 0.102. The number of thiazole rings is 1. The molecular weight excluding hydrogens is 386 g/mol. The normalized spacial score (nSPS) is 15.3. The molecule has 0 atom stereocenters. The van der Waals surface area contributed by atoms with Crippen molar-refractivity contribution in [3.05, 3.63) is 40.9 Å². The number of carbonyl (C=O) groups excluding carboxylic acids is 2. The van der Waals surface area contributed by atoms with Gasteiger partial charge in [-0.05, 0) is 70.0 Å². The van der Waals surface area contributed by atoms with E-state index >= 15 is 0 Å². The molecule has 7 nitrogen and oxygen atoms in total. The maximum atomic E-state index is 12.5. The predicted octanol–water partition coefficient (Wildman–Crippen LogP) is 4.16. The second kappa shape index (κ2) is 9.84. The van der Waals surface area contributed by atoms with Gasteiger partial charge in [0.25, 0.3) is 5.91 Å². The number of rotatable bonds is 6. The summed E-state index contributed by atoms with van der Waals surface area (Å²) in [6.07, 6.45) is 2.47. The number of aromatic nitrogens is 1. The van der Waals surface area contributed by atoms with E-state index in [-0.39, 0.29) is 18.0 Å². The summed E-state index contributed by atoms with van der Waals surface area (Å²) in [5.41, 5.74) is 2.14. The number of hydrogen-bond acceptors (Lipinski definition) is 5. The van der Waals surface area contributed by atoms with E-state index in [0.717, 1.165) is 31.2 Å². The molecule has 2 aromatic rings. The summed E-state index contributed by atoms with van der Waals surface area (Å²) in [7, 11) is 0. The fourth-order valence-electron chi connectivity index (χ4n) is 3.19. The summed E-state index contributed by atoms with van der Waals surface area (Å²) in [6.45, 7) is 9.13. The molecule has 2 heterocycles. The molecule has 3 N–H and O–H groups in total. The van der Waals surface area contributed by atoms with E-state index in [4.69, 9.17) is 0 Å². The Kier molecular flexibility index (Phi) is 7.22. The number of urea groups is 1. The number of benzene rings is 1. The van der Waals surface area contributed by atoms with Gasteiger partial charge in [-0.3, -0.25) is 15.0 Å². The number of hydrogen-bond donors (Lipinski definition) is 3. The molecule has 3 rings (SSSR count). The van der Waals surface area contributed by atoms with Crippen LogP contribution in [0.4, 0.5) is 15.6 Å². The Hall–Kier alpha value is -2.45. The molecule has 0 bridgehead atoms. The number of likely N-dealkylation sites (tertiary alicyclic amines) is 1. The van der Waals surface area contributed by atoms with Gasteiger partial charge in [0, 0.05) is 29.2 Å². The van der Waals surface area contributed by atoms with Crippen LogP contribution in [-0.2, 0) is 6.54 Å². The Bertz CT molecular complexity index is 826. The molecular formula is C21H29N5O2S. The van der Waals surface area contributed by atoms with Gasteiger partial charge in [-0.1, -0.05) is 6.92 Å². The lowest BCUT2D eigenvalue weighted by atomic mass is 9.99. The van der Waals surface area contributed by atoms with Crippen LogP contribution in [0.15, 0.2) is 29.6 Å². The standard InChI is InChI=1S/C21H29N5O2S/c1-14(2)22-20(28)23-17-6-4-16(5-7-17)19(27)25-21-24-18(13-29-21)12-26-10-8-15(3)9-11-26/h4-7,13-15H,8-12H2,1-3H3,(H2,22,23,28)(H,24,25,27). The second-order valence-corrected chi connectivity index (χ2v) is 8.75. The van der Waals surface area contributed by atoms with E-state index in [2.05, 4.69) is 32.8 Å². The van der Waals surface area contributed by atoms with Gasteiger partial charge < -0.3 is 10.6 Å². The van der Waals surface area contributed by atoms with Crippen LogP contribution < -0.4 is 16.0 Å². The second-order valence-electron chi connectivity index (χ2n) is 7.89. The van der Waals surface area contributed by atoms with Crippen LogP contribution in [0.2, 0.25) is 0 Å². The molecule has 0 spiro atoms. The number of amides is 3. The minimum Gasteiger partial charge on any atom is -0.336 e. The molecule has 1 saturated heterocycles. The Labute approximate surface area is 175 Å². The average molecular weight is 416 g/mol. The van der Waals surface area contributed by atoms with Crippen LogP contribution in [0, 0.1) is 5.92 Å². The van der Waals surface area contributed by atoms with Crippen molar-refractivity contribution in [1.29, 1.82) is 0 Å².